The van der Waals surface area contributed by atoms with Gasteiger partial charge in [0.25, 0.3) is 5.69 Å². The fraction of sp³-hybridized carbons (Fsp3) is 0.182. The molecule has 0 unspecified atom stereocenters. The number of tetrazole rings is 1. The number of carbonyl (C=O) groups is 1. The lowest BCUT2D eigenvalue weighted by molar-refractivity contribution is -0.384. The minimum Gasteiger partial charge on any atom is -0.461 e. The van der Waals surface area contributed by atoms with Crippen molar-refractivity contribution < 1.29 is 14.5 Å². The highest BCUT2D eigenvalue weighted by molar-refractivity contribution is 6.42. The molecule has 2 aromatic rings. The van der Waals surface area contributed by atoms with Crippen LogP contribution < -0.4 is 5.43 Å². The molecule has 0 aliphatic carbocycles. The third-order valence-electron chi connectivity index (χ3n) is 2.40. The van der Waals surface area contributed by atoms with Crippen molar-refractivity contribution in [2.75, 3.05) is 12.0 Å². The number of ether oxygens (including phenoxy) is 1. The van der Waals surface area contributed by atoms with Gasteiger partial charge in [0.1, 0.15) is 0 Å². The van der Waals surface area contributed by atoms with Gasteiger partial charge in [-0.3, -0.25) is 15.5 Å². The first-order valence-corrected chi connectivity index (χ1v) is 6.11. The number of nitrogens with one attached hydrogen (secondary N) is 2. The van der Waals surface area contributed by atoms with Gasteiger partial charge in [-0.05, 0) is 24.3 Å². The summed E-state index contributed by atoms with van der Waals surface area (Å²) >= 11 is 0. The molecule has 11 heteroatoms. The molecule has 2 N–H and O–H groups in total. The summed E-state index contributed by atoms with van der Waals surface area (Å²) in [5.41, 5.74) is 2.79. The molecule has 0 saturated heterocycles. The molecule has 1 aromatic heterocycles. The molecule has 1 heterocycles. The summed E-state index contributed by atoms with van der Waals surface area (Å²) < 4.78 is 4.85. The van der Waals surface area contributed by atoms with Crippen LogP contribution in [0.25, 0.3) is 0 Å². The van der Waals surface area contributed by atoms with Gasteiger partial charge >= 0.3 is 5.97 Å². The summed E-state index contributed by atoms with van der Waals surface area (Å²) in [6.45, 7) is 1.81. The van der Waals surface area contributed by atoms with Gasteiger partial charge in [0.2, 0.25) is 11.5 Å². The third-order valence-corrected chi connectivity index (χ3v) is 2.40. The maximum absolute atomic E-state index is 11.8. The maximum atomic E-state index is 11.8. The Balaban J connectivity index is 2.19. The second-order valence-electron chi connectivity index (χ2n) is 3.83. The Morgan fingerprint density at radius 2 is 2.18 bits per heavy atom. The van der Waals surface area contributed by atoms with Gasteiger partial charge < -0.3 is 4.74 Å². The average molecular weight is 305 g/mol. The molecule has 2 rings (SSSR count). The molecule has 11 nitrogen and oxygen atoms in total. The van der Waals surface area contributed by atoms with E-state index in [0.717, 1.165) is 0 Å². The van der Waals surface area contributed by atoms with Gasteiger partial charge in [0, 0.05) is 12.1 Å². The molecule has 0 saturated carbocycles. The largest absolute Gasteiger partial charge is 0.461 e. The van der Waals surface area contributed by atoms with Crippen molar-refractivity contribution in [2.45, 2.75) is 6.92 Å². The van der Waals surface area contributed by atoms with E-state index in [4.69, 9.17) is 4.74 Å². The highest BCUT2D eigenvalue weighted by Gasteiger charge is 2.20. The van der Waals surface area contributed by atoms with E-state index < -0.39 is 10.9 Å². The van der Waals surface area contributed by atoms with E-state index in [1.807, 2.05) is 0 Å². The number of benzene rings is 1. The minimum absolute atomic E-state index is 0.0344. The van der Waals surface area contributed by atoms with Gasteiger partial charge in [-0.1, -0.05) is 0 Å². The second-order valence-corrected chi connectivity index (χ2v) is 3.83. The molecule has 0 fully saturated rings. The molecule has 1 aromatic carbocycles. The number of hydrazone groups is 1. The Labute approximate surface area is 123 Å². The summed E-state index contributed by atoms with van der Waals surface area (Å²) in [6.07, 6.45) is 0. The number of esters is 1. The number of hydrogen-bond donors (Lipinski definition) is 2. The van der Waals surface area contributed by atoms with Crippen LogP contribution in [0.3, 0.4) is 0 Å². The summed E-state index contributed by atoms with van der Waals surface area (Å²) in [5, 5.41) is 27.3. The molecular weight excluding hydrogens is 294 g/mol. The van der Waals surface area contributed by atoms with Gasteiger partial charge in [-0.25, -0.2) is 4.79 Å². The van der Waals surface area contributed by atoms with E-state index in [1.54, 1.807) is 6.92 Å². The minimum atomic E-state index is -0.724. The van der Waals surface area contributed by atoms with Crippen LogP contribution in [0, 0.1) is 10.1 Å². The van der Waals surface area contributed by atoms with Crippen LogP contribution in [-0.4, -0.2) is 43.8 Å². The quantitative estimate of drug-likeness (QED) is 0.339. The number of nitro groups is 1. The SMILES string of the molecule is CCOC(=O)/C(=N/Nc1ccc([N+](=O)[O-])cc1)c1nn[nH]n1. The molecule has 0 bridgehead atoms. The Kier molecular flexibility index (Phi) is 4.70. The maximum Gasteiger partial charge on any atom is 0.362 e. The molecule has 0 amide bonds. The number of rotatable bonds is 6. The first-order valence-electron chi connectivity index (χ1n) is 6.11. The third kappa shape index (κ3) is 3.59. The number of nitrogens with zero attached hydrogens (tertiary/aromatic N) is 5. The number of anilines is 1. The van der Waals surface area contributed by atoms with Crippen molar-refractivity contribution in [1.29, 1.82) is 0 Å². The highest BCUT2D eigenvalue weighted by Crippen LogP contribution is 2.15. The van der Waals surface area contributed by atoms with Crippen molar-refractivity contribution in [3.63, 3.8) is 0 Å². The molecule has 22 heavy (non-hydrogen) atoms. The lowest BCUT2D eigenvalue weighted by Gasteiger charge is -2.04. The monoisotopic (exact) mass is 305 g/mol. The van der Waals surface area contributed by atoms with E-state index in [2.05, 4.69) is 31.2 Å². The van der Waals surface area contributed by atoms with Crippen LogP contribution in [0.2, 0.25) is 0 Å². The Bertz CT molecular complexity index is 681. The predicted molar refractivity (Wildman–Crippen MR) is 74.1 cm³/mol. The number of hydrogen-bond acceptors (Lipinski definition) is 9. The van der Waals surface area contributed by atoms with Crippen molar-refractivity contribution >= 4 is 23.1 Å². The zero-order valence-electron chi connectivity index (χ0n) is 11.4. The van der Waals surface area contributed by atoms with Gasteiger partial charge in [0.15, 0.2) is 0 Å². The van der Waals surface area contributed by atoms with E-state index in [9.17, 15) is 14.9 Å². The fourth-order valence-electron chi connectivity index (χ4n) is 1.43. The number of carbonyl (C=O) groups excluding carboxylic acids is 1. The Morgan fingerprint density at radius 3 is 2.73 bits per heavy atom. The summed E-state index contributed by atoms with van der Waals surface area (Å²) in [6, 6.07) is 5.49. The van der Waals surface area contributed by atoms with Crippen molar-refractivity contribution in [1.82, 2.24) is 20.6 Å². The van der Waals surface area contributed by atoms with Crippen LogP contribution in [0.15, 0.2) is 29.4 Å². The Morgan fingerprint density at radius 1 is 1.45 bits per heavy atom. The van der Waals surface area contributed by atoms with Crippen LogP contribution in [0.1, 0.15) is 12.7 Å². The molecule has 0 aliphatic heterocycles. The molecule has 0 atom stereocenters. The van der Waals surface area contributed by atoms with Crippen LogP contribution >= 0.6 is 0 Å². The summed E-state index contributed by atoms with van der Waals surface area (Å²) in [7, 11) is 0. The summed E-state index contributed by atoms with van der Waals surface area (Å²) in [4.78, 5) is 21.8. The topological polar surface area (TPSA) is 148 Å². The van der Waals surface area contributed by atoms with Gasteiger partial charge in [-0.15, -0.1) is 10.2 Å². The van der Waals surface area contributed by atoms with Crippen molar-refractivity contribution in [2.24, 2.45) is 5.10 Å². The van der Waals surface area contributed by atoms with Gasteiger partial charge in [0.05, 0.1) is 17.2 Å². The lowest BCUT2D eigenvalue weighted by atomic mass is 10.3. The highest BCUT2D eigenvalue weighted by atomic mass is 16.6. The normalized spacial score (nSPS) is 11.0. The number of aromatic amines is 1. The van der Waals surface area contributed by atoms with Crippen molar-refractivity contribution in [3.8, 4) is 0 Å². The van der Waals surface area contributed by atoms with E-state index >= 15 is 0 Å². The standard InChI is InChI=1S/C11H11N7O4/c1-2-22-11(19)9(10-14-16-17-15-10)13-12-7-3-5-8(6-4-7)18(20)21/h3-6,12H,2H2,1H3,(H,14,15,16,17)/b13-9+. The average Bonchev–Trinajstić information content (AvgIpc) is 3.02. The summed E-state index contributed by atoms with van der Waals surface area (Å²) in [5.74, 6) is -0.758. The smallest absolute Gasteiger partial charge is 0.362 e. The molecule has 0 radical (unpaired) electrons. The predicted octanol–water partition coefficient (Wildman–Crippen LogP) is 0.487. The zero-order valence-corrected chi connectivity index (χ0v) is 11.4. The van der Waals surface area contributed by atoms with Crippen LogP contribution in [0.4, 0.5) is 11.4 Å². The number of nitro benzene ring substituents is 1. The van der Waals surface area contributed by atoms with E-state index in [0.29, 0.717) is 5.69 Å². The number of aromatic nitrogens is 4. The van der Waals surface area contributed by atoms with Gasteiger partial charge in [-0.2, -0.15) is 10.3 Å². The zero-order chi connectivity index (χ0) is 15.9. The van der Waals surface area contributed by atoms with Crippen LogP contribution in [-0.2, 0) is 9.53 Å². The molecular formula is C11H11N7O4. The molecule has 0 spiro atoms. The van der Waals surface area contributed by atoms with Crippen molar-refractivity contribution in [3.05, 3.63) is 40.2 Å². The second kappa shape index (κ2) is 6.88. The number of non-ortho nitro benzene ring substituents is 1. The first-order chi connectivity index (χ1) is 10.6. The number of H-pyrrole nitrogens is 1. The molecule has 0 aliphatic rings. The lowest BCUT2D eigenvalue weighted by Crippen LogP contribution is -2.21. The Hall–Kier alpha value is -3.37. The van der Waals surface area contributed by atoms with E-state index in [-0.39, 0.29) is 23.8 Å². The molecule has 114 valence electrons. The van der Waals surface area contributed by atoms with Crippen LogP contribution in [0.5, 0.6) is 0 Å². The van der Waals surface area contributed by atoms with E-state index in [1.165, 1.54) is 24.3 Å². The fourth-order valence-corrected chi connectivity index (χ4v) is 1.43. The first kappa shape index (κ1) is 15.0.